The molecule has 0 amide bonds. The van der Waals surface area contributed by atoms with Crippen LogP contribution in [0.1, 0.15) is 0 Å². The minimum Gasteiger partial charge on any atom is -0.478 e. The molecule has 130 valence electrons. The highest BCUT2D eigenvalue weighted by Crippen LogP contribution is 2.30. The van der Waals surface area contributed by atoms with E-state index in [0.717, 1.165) is 12.2 Å². The van der Waals surface area contributed by atoms with Gasteiger partial charge in [0.15, 0.2) is 12.2 Å². The van der Waals surface area contributed by atoms with Crippen molar-refractivity contribution in [3.63, 3.8) is 0 Å². The van der Waals surface area contributed by atoms with Gasteiger partial charge in [-0.15, -0.1) is 0 Å². The molecule has 2 saturated heterocycles. The quantitative estimate of drug-likeness (QED) is 0.450. The zero-order valence-electron chi connectivity index (χ0n) is 12.2. The summed E-state index contributed by atoms with van der Waals surface area (Å²) in [6.07, 6.45) is -0.0348. The molecule has 0 spiro atoms. The normalized spacial score (nSPS) is 28.8. The second-order valence-electron chi connectivity index (χ2n) is 4.89. The third-order valence-electron chi connectivity index (χ3n) is 3.22. The van der Waals surface area contributed by atoms with E-state index in [0.29, 0.717) is 12.2 Å². The molecule has 0 radical (unpaired) electrons. The van der Waals surface area contributed by atoms with Gasteiger partial charge >= 0.3 is 23.9 Å². The predicted molar refractivity (Wildman–Crippen MR) is 72.8 cm³/mol. The van der Waals surface area contributed by atoms with E-state index in [1.165, 1.54) is 0 Å². The Morgan fingerprint density at radius 1 is 0.750 bits per heavy atom. The minimum absolute atomic E-state index is 0.000993. The number of carbonyl (C=O) groups is 4. The Balaban J connectivity index is 1.87. The Morgan fingerprint density at radius 2 is 1.12 bits per heavy atom. The molecule has 0 aromatic heterocycles. The molecule has 2 aliphatic rings. The average Bonchev–Trinajstić information content (AvgIpc) is 3.07. The van der Waals surface area contributed by atoms with E-state index in [4.69, 9.17) is 29.2 Å². The Hall–Kier alpha value is -2.72. The number of hydrogen-bond acceptors (Lipinski definition) is 8. The molecule has 10 nitrogen and oxygen atoms in total. The van der Waals surface area contributed by atoms with Crippen LogP contribution in [0.25, 0.3) is 0 Å². The van der Waals surface area contributed by atoms with Gasteiger partial charge in [-0.2, -0.15) is 0 Å². The highest BCUT2D eigenvalue weighted by atomic mass is 16.7. The van der Waals surface area contributed by atoms with Crippen LogP contribution < -0.4 is 0 Å². The predicted octanol–water partition coefficient (Wildman–Crippen LogP) is -1.11. The van der Waals surface area contributed by atoms with Gasteiger partial charge in [0.2, 0.25) is 0 Å². The van der Waals surface area contributed by atoms with Gasteiger partial charge in [0.05, 0.1) is 13.2 Å². The van der Waals surface area contributed by atoms with E-state index in [2.05, 4.69) is 0 Å². The molecule has 10 heteroatoms. The van der Waals surface area contributed by atoms with Gasteiger partial charge in [-0.05, 0) is 0 Å². The molecule has 0 aromatic carbocycles. The van der Waals surface area contributed by atoms with Crippen molar-refractivity contribution >= 4 is 23.9 Å². The number of esters is 2. The Morgan fingerprint density at radius 3 is 1.46 bits per heavy atom. The topological polar surface area (TPSA) is 146 Å². The molecule has 0 aliphatic carbocycles. The lowest BCUT2D eigenvalue weighted by Gasteiger charge is -2.16. The maximum absolute atomic E-state index is 11.5. The van der Waals surface area contributed by atoms with Gasteiger partial charge in [-0.1, -0.05) is 0 Å². The summed E-state index contributed by atoms with van der Waals surface area (Å²) in [5, 5.41) is 16.9. The fourth-order valence-corrected chi connectivity index (χ4v) is 2.29. The number of aliphatic carboxylic acids is 2. The molecule has 2 heterocycles. The van der Waals surface area contributed by atoms with Crippen LogP contribution in [0, 0.1) is 0 Å². The number of fused-ring (bicyclic) bond motifs is 1. The molecular formula is C14H14O10. The van der Waals surface area contributed by atoms with Crippen LogP contribution >= 0.6 is 0 Å². The molecule has 0 aromatic rings. The molecule has 2 N–H and O–H groups in total. The maximum Gasteiger partial charge on any atom is 0.331 e. The van der Waals surface area contributed by atoms with Crippen molar-refractivity contribution < 1.29 is 48.3 Å². The number of carboxylic acids is 2. The summed E-state index contributed by atoms with van der Waals surface area (Å²) in [7, 11) is 0. The summed E-state index contributed by atoms with van der Waals surface area (Å²) < 4.78 is 20.9. The minimum atomic E-state index is -1.29. The lowest BCUT2D eigenvalue weighted by atomic mass is 10.1. The second-order valence-corrected chi connectivity index (χ2v) is 4.89. The van der Waals surface area contributed by atoms with Crippen molar-refractivity contribution in [1.29, 1.82) is 0 Å². The Labute approximate surface area is 135 Å². The van der Waals surface area contributed by atoms with Gasteiger partial charge in [0, 0.05) is 24.3 Å². The lowest BCUT2D eigenvalue weighted by Crippen LogP contribution is -2.35. The molecule has 24 heavy (non-hydrogen) atoms. The Bertz CT molecular complexity index is 540. The Kier molecular flexibility index (Phi) is 5.66. The van der Waals surface area contributed by atoms with Gasteiger partial charge < -0.3 is 29.2 Å². The number of carboxylic acid groups (broad SMARTS) is 2. The van der Waals surface area contributed by atoms with Gasteiger partial charge in [0.1, 0.15) is 12.2 Å². The molecule has 2 rings (SSSR count). The molecule has 4 atom stereocenters. The average molecular weight is 342 g/mol. The fraction of sp³-hybridized carbons (Fsp3) is 0.429. The number of ether oxygens (including phenoxy) is 4. The summed E-state index contributed by atoms with van der Waals surface area (Å²) in [4.78, 5) is 43.6. The van der Waals surface area contributed by atoms with Gasteiger partial charge in [0.25, 0.3) is 0 Å². The van der Waals surface area contributed by atoms with Crippen LogP contribution in [-0.2, 0) is 38.1 Å². The third kappa shape index (κ3) is 4.64. The SMILES string of the molecule is O=C(O)/C=C\C(=O)O[C@H]1COC2C1OC[C@H]2OC(=O)/C=C\C(=O)O. The molecule has 0 saturated carbocycles. The van der Waals surface area contributed by atoms with E-state index in [-0.39, 0.29) is 13.2 Å². The first-order valence-electron chi connectivity index (χ1n) is 6.83. The number of rotatable bonds is 6. The van der Waals surface area contributed by atoms with E-state index >= 15 is 0 Å². The first-order valence-corrected chi connectivity index (χ1v) is 6.83. The van der Waals surface area contributed by atoms with Crippen LogP contribution in [0.5, 0.6) is 0 Å². The van der Waals surface area contributed by atoms with Crippen LogP contribution in [0.15, 0.2) is 24.3 Å². The van der Waals surface area contributed by atoms with Crippen molar-refractivity contribution in [2.24, 2.45) is 0 Å². The second kappa shape index (κ2) is 7.70. The summed E-state index contributed by atoms with van der Waals surface area (Å²) >= 11 is 0. The summed E-state index contributed by atoms with van der Waals surface area (Å²) in [5.41, 5.74) is 0. The molecule has 2 unspecified atom stereocenters. The van der Waals surface area contributed by atoms with Crippen molar-refractivity contribution in [2.75, 3.05) is 13.2 Å². The summed E-state index contributed by atoms with van der Waals surface area (Å²) in [5.74, 6) is -4.29. The fourth-order valence-electron chi connectivity index (χ4n) is 2.29. The molecule has 2 aliphatic heterocycles. The standard InChI is InChI=1S/C14H14O10/c15-9(16)1-3-11(19)23-7-5-21-14-8(6-22-13(7)14)24-12(20)4-2-10(17)18/h1-4,7-8,13-14H,5-6H2,(H,15,16)(H,17,18)/b3-1-,4-2-/t7-,8+,13?,14?. The van der Waals surface area contributed by atoms with Crippen molar-refractivity contribution in [1.82, 2.24) is 0 Å². The monoisotopic (exact) mass is 342 g/mol. The van der Waals surface area contributed by atoms with Crippen molar-refractivity contribution in [3.05, 3.63) is 24.3 Å². The first kappa shape index (κ1) is 17.6. The summed E-state index contributed by atoms with van der Waals surface area (Å²) in [6, 6.07) is 0. The first-order chi connectivity index (χ1) is 11.4. The van der Waals surface area contributed by atoms with Crippen LogP contribution in [0.2, 0.25) is 0 Å². The highest BCUT2D eigenvalue weighted by molar-refractivity contribution is 5.91. The third-order valence-corrected chi connectivity index (χ3v) is 3.22. The number of hydrogen-bond donors (Lipinski definition) is 2. The maximum atomic E-state index is 11.5. The molecule has 0 bridgehead atoms. The lowest BCUT2D eigenvalue weighted by molar-refractivity contribution is -0.149. The van der Waals surface area contributed by atoms with Crippen LogP contribution in [-0.4, -0.2) is 71.7 Å². The smallest absolute Gasteiger partial charge is 0.331 e. The van der Waals surface area contributed by atoms with Crippen LogP contribution in [0.4, 0.5) is 0 Å². The van der Waals surface area contributed by atoms with Crippen molar-refractivity contribution in [3.8, 4) is 0 Å². The van der Waals surface area contributed by atoms with E-state index < -0.39 is 48.3 Å². The molecular weight excluding hydrogens is 328 g/mol. The van der Waals surface area contributed by atoms with E-state index in [1.807, 2.05) is 0 Å². The zero-order valence-corrected chi connectivity index (χ0v) is 12.2. The number of carbonyl (C=O) groups excluding carboxylic acids is 2. The van der Waals surface area contributed by atoms with Gasteiger partial charge in [-0.3, -0.25) is 0 Å². The van der Waals surface area contributed by atoms with E-state index in [9.17, 15) is 19.2 Å². The van der Waals surface area contributed by atoms with Crippen LogP contribution in [0.3, 0.4) is 0 Å². The largest absolute Gasteiger partial charge is 0.478 e. The highest BCUT2D eigenvalue weighted by Gasteiger charge is 2.50. The van der Waals surface area contributed by atoms with Gasteiger partial charge in [-0.25, -0.2) is 19.2 Å². The van der Waals surface area contributed by atoms with E-state index in [1.54, 1.807) is 0 Å². The zero-order chi connectivity index (χ0) is 17.7. The molecule has 2 fully saturated rings. The summed E-state index contributed by atoms with van der Waals surface area (Å²) in [6.45, 7) is 0.00199. The van der Waals surface area contributed by atoms with Crippen molar-refractivity contribution in [2.45, 2.75) is 24.4 Å².